The van der Waals surface area contributed by atoms with E-state index in [9.17, 15) is 14.5 Å². The minimum absolute atomic E-state index is 0.0629. The van der Waals surface area contributed by atoms with Gasteiger partial charge in [-0.25, -0.2) is 4.39 Å². The zero-order valence-electron chi connectivity index (χ0n) is 9.89. The first-order chi connectivity index (χ1) is 8.66. The summed E-state index contributed by atoms with van der Waals surface area (Å²) in [6, 6.07) is 3.65. The van der Waals surface area contributed by atoms with E-state index in [4.69, 9.17) is 4.74 Å². The van der Waals surface area contributed by atoms with Crippen LogP contribution in [0.15, 0.2) is 18.2 Å². The first kappa shape index (κ1) is 12.8. The number of benzene rings is 1. The van der Waals surface area contributed by atoms with Gasteiger partial charge in [-0.05, 0) is 25.5 Å². The molecule has 5 nitrogen and oxygen atoms in total. The molecule has 0 aliphatic carbocycles. The Morgan fingerprint density at radius 2 is 2.33 bits per heavy atom. The van der Waals surface area contributed by atoms with Gasteiger partial charge in [0.15, 0.2) is 11.6 Å². The summed E-state index contributed by atoms with van der Waals surface area (Å²) in [6.45, 7) is 1.34. The van der Waals surface area contributed by atoms with Crippen molar-refractivity contribution >= 4 is 5.69 Å². The Labute approximate surface area is 104 Å². The van der Waals surface area contributed by atoms with Gasteiger partial charge in [0, 0.05) is 12.1 Å². The smallest absolute Gasteiger partial charge is 0.272 e. The van der Waals surface area contributed by atoms with E-state index in [0.29, 0.717) is 6.61 Å². The van der Waals surface area contributed by atoms with Crippen molar-refractivity contribution in [2.24, 2.45) is 0 Å². The Bertz CT molecular complexity index is 433. The third-order valence-electron chi connectivity index (χ3n) is 2.98. The van der Waals surface area contributed by atoms with Crippen molar-refractivity contribution < 1.29 is 14.1 Å². The van der Waals surface area contributed by atoms with E-state index in [-0.39, 0.29) is 17.5 Å². The number of hydrogen-bond acceptors (Lipinski definition) is 4. The number of piperidine rings is 1. The number of nitrogens with zero attached hydrogens (tertiary/aromatic N) is 1. The standard InChI is InChI=1S/C12H15FN2O3/c13-11-7-10(15(16)17)4-5-12(11)18-8-9-3-1-2-6-14-9/h4-5,7,9,14H,1-3,6,8H2. The van der Waals surface area contributed by atoms with Gasteiger partial charge in [0.25, 0.3) is 5.69 Å². The molecule has 1 N–H and O–H groups in total. The number of nitrogens with one attached hydrogen (secondary N) is 1. The van der Waals surface area contributed by atoms with Crippen LogP contribution in [-0.2, 0) is 0 Å². The SMILES string of the molecule is O=[N+]([O-])c1ccc(OCC2CCCCN2)c(F)c1. The van der Waals surface area contributed by atoms with Crippen LogP contribution < -0.4 is 10.1 Å². The topological polar surface area (TPSA) is 64.4 Å². The van der Waals surface area contributed by atoms with E-state index < -0.39 is 10.7 Å². The molecule has 1 heterocycles. The van der Waals surface area contributed by atoms with Gasteiger partial charge >= 0.3 is 0 Å². The van der Waals surface area contributed by atoms with E-state index in [1.165, 1.54) is 12.1 Å². The second kappa shape index (κ2) is 5.77. The second-order valence-corrected chi connectivity index (χ2v) is 4.33. The van der Waals surface area contributed by atoms with Gasteiger partial charge < -0.3 is 10.1 Å². The Kier molecular flexibility index (Phi) is 4.09. The van der Waals surface area contributed by atoms with Crippen molar-refractivity contribution in [3.8, 4) is 5.75 Å². The minimum atomic E-state index is -0.694. The molecule has 1 aliphatic rings. The summed E-state index contributed by atoms with van der Waals surface area (Å²) in [5.41, 5.74) is -0.268. The van der Waals surface area contributed by atoms with Crippen LogP contribution in [0.25, 0.3) is 0 Å². The lowest BCUT2D eigenvalue weighted by molar-refractivity contribution is -0.385. The number of nitro groups is 1. The molecule has 1 fully saturated rings. The molecular formula is C12H15FN2O3. The Hall–Kier alpha value is -1.69. The average Bonchev–Trinajstić information content (AvgIpc) is 2.38. The van der Waals surface area contributed by atoms with Gasteiger partial charge in [0.1, 0.15) is 6.61 Å². The summed E-state index contributed by atoms with van der Waals surface area (Å²) in [4.78, 5) is 9.83. The van der Waals surface area contributed by atoms with Crippen LogP contribution in [0.5, 0.6) is 5.75 Å². The fourth-order valence-corrected chi connectivity index (χ4v) is 1.98. The van der Waals surface area contributed by atoms with Gasteiger partial charge in [-0.15, -0.1) is 0 Å². The highest BCUT2D eigenvalue weighted by atomic mass is 19.1. The van der Waals surface area contributed by atoms with E-state index in [0.717, 1.165) is 31.9 Å². The molecule has 1 unspecified atom stereocenters. The fraction of sp³-hybridized carbons (Fsp3) is 0.500. The van der Waals surface area contributed by atoms with E-state index in [1.807, 2.05) is 0 Å². The van der Waals surface area contributed by atoms with Crippen molar-refractivity contribution in [2.75, 3.05) is 13.2 Å². The molecular weight excluding hydrogens is 239 g/mol. The molecule has 2 rings (SSSR count). The summed E-state index contributed by atoms with van der Waals surface area (Å²) in [6.07, 6.45) is 3.31. The maximum absolute atomic E-state index is 13.5. The van der Waals surface area contributed by atoms with Crippen LogP contribution in [0.3, 0.4) is 0 Å². The lowest BCUT2D eigenvalue weighted by atomic mass is 10.1. The maximum atomic E-state index is 13.5. The normalized spacial score (nSPS) is 19.5. The molecule has 6 heteroatoms. The van der Waals surface area contributed by atoms with Crippen molar-refractivity contribution in [1.29, 1.82) is 0 Å². The molecule has 0 radical (unpaired) electrons. The van der Waals surface area contributed by atoms with Crippen LogP contribution in [0, 0.1) is 15.9 Å². The molecule has 18 heavy (non-hydrogen) atoms. The highest BCUT2D eigenvalue weighted by molar-refractivity contribution is 5.37. The van der Waals surface area contributed by atoms with Crippen molar-refractivity contribution in [2.45, 2.75) is 25.3 Å². The molecule has 1 aromatic rings. The summed E-state index contributed by atoms with van der Waals surface area (Å²) in [5, 5.41) is 13.7. The summed E-state index contributed by atoms with van der Waals surface area (Å²) in [7, 11) is 0. The predicted octanol–water partition coefficient (Wildman–Crippen LogP) is 2.25. The molecule has 1 saturated heterocycles. The van der Waals surface area contributed by atoms with Crippen LogP contribution in [0.2, 0.25) is 0 Å². The molecule has 1 aliphatic heterocycles. The third-order valence-corrected chi connectivity index (χ3v) is 2.98. The first-order valence-electron chi connectivity index (χ1n) is 5.97. The molecule has 0 aromatic heterocycles. The molecule has 98 valence electrons. The van der Waals surface area contributed by atoms with Crippen LogP contribution in [0.4, 0.5) is 10.1 Å². The van der Waals surface area contributed by atoms with E-state index in [2.05, 4.69) is 5.32 Å². The zero-order chi connectivity index (χ0) is 13.0. The van der Waals surface area contributed by atoms with Gasteiger partial charge in [-0.1, -0.05) is 6.42 Å². The largest absolute Gasteiger partial charge is 0.489 e. The molecule has 1 atom stereocenters. The Morgan fingerprint density at radius 1 is 1.50 bits per heavy atom. The van der Waals surface area contributed by atoms with Crippen LogP contribution in [0.1, 0.15) is 19.3 Å². The van der Waals surface area contributed by atoms with E-state index in [1.54, 1.807) is 0 Å². The maximum Gasteiger partial charge on any atom is 0.272 e. The third kappa shape index (κ3) is 3.16. The summed E-state index contributed by atoms with van der Waals surface area (Å²) < 4.78 is 18.9. The van der Waals surface area contributed by atoms with Crippen molar-refractivity contribution in [1.82, 2.24) is 5.32 Å². The van der Waals surface area contributed by atoms with Crippen molar-refractivity contribution in [3.05, 3.63) is 34.1 Å². The number of halogens is 1. The quantitative estimate of drug-likeness (QED) is 0.661. The van der Waals surface area contributed by atoms with Crippen LogP contribution >= 0.6 is 0 Å². The van der Waals surface area contributed by atoms with Crippen LogP contribution in [-0.4, -0.2) is 24.1 Å². The lowest BCUT2D eigenvalue weighted by Gasteiger charge is -2.23. The second-order valence-electron chi connectivity index (χ2n) is 4.33. The van der Waals surface area contributed by atoms with Crippen molar-refractivity contribution in [3.63, 3.8) is 0 Å². The van der Waals surface area contributed by atoms with Gasteiger partial charge in [0.2, 0.25) is 0 Å². The lowest BCUT2D eigenvalue weighted by Crippen LogP contribution is -2.38. The Balaban J connectivity index is 1.94. The molecule has 0 bridgehead atoms. The Morgan fingerprint density at radius 3 is 2.94 bits per heavy atom. The molecule has 0 spiro atoms. The van der Waals surface area contributed by atoms with Gasteiger partial charge in [-0.2, -0.15) is 0 Å². The van der Waals surface area contributed by atoms with Gasteiger partial charge in [0.05, 0.1) is 11.0 Å². The minimum Gasteiger partial charge on any atom is -0.489 e. The highest BCUT2D eigenvalue weighted by Crippen LogP contribution is 2.23. The number of nitro benzene ring substituents is 1. The average molecular weight is 254 g/mol. The van der Waals surface area contributed by atoms with Gasteiger partial charge in [-0.3, -0.25) is 10.1 Å². The summed E-state index contributed by atoms with van der Waals surface area (Å²) >= 11 is 0. The molecule has 0 saturated carbocycles. The zero-order valence-corrected chi connectivity index (χ0v) is 9.89. The van der Waals surface area contributed by atoms with E-state index >= 15 is 0 Å². The monoisotopic (exact) mass is 254 g/mol. The predicted molar refractivity (Wildman–Crippen MR) is 64.2 cm³/mol. The number of hydrogen-bond donors (Lipinski definition) is 1. The number of non-ortho nitro benzene ring substituents is 1. The summed E-state index contributed by atoms with van der Waals surface area (Å²) in [5.74, 6) is -0.631. The number of ether oxygens (including phenoxy) is 1. The molecule has 1 aromatic carbocycles. The first-order valence-corrected chi connectivity index (χ1v) is 5.97. The highest BCUT2D eigenvalue weighted by Gasteiger charge is 2.15. The fourth-order valence-electron chi connectivity index (χ4n) is 1.98. The number of rotatable bonds is 4. The molecule has 0 amide bonds.